The Kier molecular flexibility index (Phi) is 5.20. The zero-order valence-corrected chi connectivity index (χ0v) is 20.3. The van der Waals surface area contributed by atoms with Gasteiger partial charge >= 0.3 is 0 Å². The Balaban J connectivity index is 1.24. The van der Waals surface area contributed by atoms with Crippen LogP contribution < -0.4 is 9.64 Å². The Morgan fingerprint density at radius 3 is 2.77 bits per heavy atom. The summed E-state index contributed by atoms with van der Waals surface area (Å²) in [7, 11) is 1.54. The van der Waals surface area contributed by atoms with Crippen LogP contribution in [0.5, 0.6) is 5.75 Å². The molecule has 2 fully saturated rings. The molecule has 0 amide bonds. The molecule has 4 heterocycles. The summed E-state index contributed by atoms with van der Waals surface area (Å²) in [5, 5.41) is 19.4. The van der Waals surface area contributed by atoms with Gasteiger partial charge in [-0.05, 0) is 43.5 Å². The standard InChI is InChI=1S/C25H25ClFN7O/c1-15(9-28)32-11-16-5-18(26)3-4-20(16)34-22(12-32)30-31-23(34)17-7-25(8-17)13-33(14-25)24-21(35-2)6-19(27)10-29-24/h3-6,10,15,17H,7-8,11-14H2,1-2H3. The quantitative estimate of drug-likeness (QED) is 0.541. The van der Waals surface area contributed by atoms with Crippen molar-refractivity contribution in [2.75, 3.05) is 25.1 Å². The van der Waals surface area contributed by atoms with Gasteiger partial charge in [-0.25, -0.2) is 9.37 Å². The molecule has 1 atom stereocenters. The van der Waals surface area contributed by atoms with Crippen LogP contribution in [-0.2, 0) is 13.1 Å². The number of aromatic nitrogens is 4. The number of ether oxygens (including phenoxy) is 1. The van der Waals surface area contributed by atoms with Crippen LogP contribution in [0.2, 0.25) is 5.02 Å². The van der Waals surface area contributed by atoms with Gasteiger partial charge in [0.15, 0.2) is 17.4 Å². The Morgan fingerprint density at radius 1 is 1.23 bits per heavy atom. The van der Waals surface area contributed by atoms with Gasteiger partial charge in [-0.3, -0.25) is 9.47 Å². The molecular formula is C25H25ClFN7O. The number of rotatable bonds is 4. The molecule has 0 N–H and O–H groups in total. The number of nitriles is 1. The number of hydrogen-bond acceptors (Lipinski definition) is 7. The van der Waals surface area contributed by atoms with Crippen molar-refractivity contribution >= 4 is 17.4 Å². The summed E-state index contributed by atoms with van der Waals surface area (Å²) in [5.74, 6) is 2.87. The van der Waals surface area contributed by atoms with Crippen LogP contribution >= 0.6 is 11.6 Å². The molecule has 2 aliphatic heterocycles. The van der Waals surface area contributed by atoms with E-state index in [1.165, 1.54) is 19.4 Å². The maximum absolute atomic E-state index is 13.5. The number of halogens is 2. The maximum Gasteiger partial charge on any atom is 0.171 e. The summed E-state index contributed by atoms with van der Waals surface area (Å²) in [6.45, 7) is 4.80. The zero-order chi connectivity index (χ0) is 24.3. The summed E-state index contributed by atoms with van der Waals surface area (Å²) in [6, 6.07) is 9.37. The van der Waals surface area contributed by atoms with Crippen molar-refractivity contribution in [2.24, 2.45) is 5.41 Å². The Hall–Kier alpha value is -3.22. The van der Waals surface area contributed by atoms with Gasteiger partial charge in [0.2, 0.25) is 0 Å². The highest BCUT2D eigenvalue weighted by molar-refractivity contribution is 6.30. The van der Waals surface area contributed by atoms with Crippen molar-refractivity contribution in [3.63, 3.8) is 0 Å². The van der Waals surface area contributed by atoms with Gasteiger partial charge in [-0.1, -0.05) is 11.6 Å². The Morgan fingerprint density at radius 2 is 2.03 bits per heavy atom. The fourth-order valence-electron chi connectivity index (χ4n) is 5.81. The van der Waals surface area contributed by atoms with Crippen LogP contribution in [0.4, 0.5) is 10.2 Å². The highest BCUT2D eigenvalue weighted by Gasteiger charge is 2.55. The van der Waals surface area contributed by atoms with Crippen molar-refractivity contribution in [1.82, 2.24) is 24.6 Å². The summed E-state index contributed by atoms with van der Waals surface area (Å²) >= 11 is 6.33. The van der Waals surface area contributed by atoms with Gasteiger partial charge < -0.3 is 9.64 Å². The average Bonchev–Trinajstić information content (AvgIpc) is 3.12. The molecule has 3 aromatic rings. The van der Waals surface area contributed by atoms with E-state index >= 15 is 0 Å². The van der Waals surface area contributed by atoms with Crippen molar-refractivity contribution in [2.45, 2.75) is 44.8 Å². The molecule has 1 spiro atoms. The van der Waals surface area contributed by atoms with E-state index in [4.69, 9.17) is 16.3 Å². The third-order valence-electron chi connectivity index (χ3n) is 7.59. The lowest BCUT2D eigenvalue weighted by Crippen LogP contribution is -2.62. The number of nitrogens with zero attached hydrogens (tertiary/aromatic N) is 7. The summed E-state index contributed by atoms with van der Waals surface area (Å²) in [4.78, 5) is 8.50. The van der Waals surface area contributed by atoms with Crippen LogP contribution in [0.25, 0.3) is 5.69 Å². The second kappa shape index (κ2) is 8.18. The molecule has 1 saturated heterocycles. The van der Waals surface area contributed by atoms with E-state index in [-0.39, 0.29) is 11.5 Å². The third-order valence-corrected chi connectivity index (χ3v) is 7.82. The number of pyridine rings is 1. The minimum absolute atomic E-state index is 0.201. The Bertz CT molecular complexity index is 1340. The second-order valence-electron chi connectivity index (χ2n) is 9.93. The number of benzene rings is 1. The van der Waals surface area contributed by atoms with E-state index in [1.807, 2.05) is 25.1 Å². The van der Waals surface area contributed by atoms with Gasteiger partial charge in [0.05, 0.1) is 37.6 Å². The molecule has 1 aromatic carbocycles. The summed E-state index contributed by atoms with van der Waals surface area (Å²) in [5.41, 5.74) is 2.30. The van der Waals surface area contributed by atoms with Crippen LogP contribution in [0.3, 0.4) is 0 Å². The van der Waals surface area contributed by atoms with Gasteiger partial charge in [0, 0.05) is 42.1 Å². The average molecular weight is 494 g/mol. The van der Waals surface area contributed by atoms with Gasteiger partial charge in [0.25, 0.3) is 0 Å². The van der Waals surface area contributed by atoms with Crippen LogP contribution in [0, 0.1) is 22.6 Å². The van der Waals surface area contributed by atoms with Crippen molar-refractivity contribution < 1.29 is 9.13 Å². The van der Waals surface area contributed by atoms with E-state index in [2.05, 4.69) is 35.6 Å². The van der Waals surface area contributed by atoms with E-state index in [0.29, 0.717) is 35.6 Å². The fourth-order valence-corrected chi connectivity index (χ4v) is 6.01. The van der Waals surface area contributed by atoms with Crippen molar-refractivity contribution in [3.05, 3.63) is 58.5 Å². The SMILES string of the molecule is COc1cc(F)cnc1N1CC2(CC(c3nnc4n3-c3ccc(Cl)cc3CN(C(C)C#N)C4)C2)C1. The lowest BCUT2D eigenvalue weighted by Gasteiger charge is -2.59. The molecule has 0 radical (unpaired) electrons. The predicted molar refractivity (Wildman–Crippen MR) is 128 cm³/mol. The molecule has 0 bridgehead atoms. The molecule has 6 rings (SSSR count). The van der Waals surface area contributed by atoms with E-state index in [1.54, 1.807) is 0 Å². The molecular weight excluding hydrogens is 469 g/mol. The minimum Gasteiger partial charge on any atom is -0.493 e. The number of anilines is 1. The topological polar surface area (TPSA) is 83.1 Å². The molecule has 1 saturated carbocycles. The predicted octanol–water partition coefficient (Wildman–Crippen LogP) is 4.08. The van der Waals surface area contributed by atoms with E-state index < -0.39 is 5.82 Å². The lowest BCUT2D eigenvalue weighted by atomic mass is 9.57. The monoisotopic (exact) mass is 493 g/mol. The van der Waals surface area contributed by atoms with Crippen LogP contribution in [0.1, 0.15) is 42.9 Å². The first-order valence-corrected chi connectivity index (χ1v) is 12.1. The minimum atomic E-state index is -0.402. The molecule has 8 nitrogen and oxygen atoms in total. The first-order chi connectivity index (χ1) is 16.9. The van der Waals surface area contributed by atoms with Crippen molar-refractivity contribution in [3.8, 4) is 17.5 Å². The number of fused-ring (bicyclic) bond motifs is 3. The highest BCUT2D eigenvalue weighted by Crippen LogP contribution is 2.57. The molecule has 10 heteroatoms. The van der Waals surface area contributed by atoms with Crippen LogP contribution in [0.15, 0.2) is 30.5 Å². The normalized spacial score (nSPS) is 19.7. The molecule has 2 aromatic heterocycles. The molecule has 180 valence electrons. The number of methoxy groups -OCH3 is 1. The lowest BCUT2D eigenvalue weighted by molar-refractivity contribution is 0.0577. The van der Waals surface area contributed by atoms with Crippen molar-refractivity contribution in [1.29, 1.82) is 5.26 Å². The summed E-state index contributed by atoms with van der Waals surface area (Å²) < 4.78 is 21.0. The first-order valence-electron chi connectivity index (χ1n) is 11.7. The molecule has 3 aliphatic rings. The molecule has 1 aliphatic carbocycles. The number of hydrogen-bond donors (Lipinski definition) is 0. The Labute approximate surface area is 207 Å². The smallest absolute Gasteiger partial charge is 0.171 e. The molecule has 35 heavy (non-hydrogen) atoms. The van der Waals surface area contributed by atoms with Crippen LogP contribution in [-0.4, -0.2) is 50.9 Å². The van der Waals surface area contributed by atoms with Gasteiger partial charge in [0.1, 0.15) is 11.6 Å². The van der Waals surface area contributed by atoms with Gasteiger partial charge in [-0.15, -0.1) is 10.2 Å². The first kappa shape index (κ1) is 22.3. The molecule has 1 unspecified atom stereocenters. The maximum atomic E-state index is 13.5. The fraction of sp³-hybridized carbons (Fsp3) is 0.440. The van der Waals surface area contributed by atoms with Gasteiger partial charge in [-0.2, -0.15) is 5.26 Å². The largest absolute Gasteiger partial charge is 0.493 e. The van der Waals surface area contributed by atoms with E-state index in [9.17, 15) is 9.65 Å². The highest BCUT2D eigenvalue weighted by atomic mass is 35.5. The zero-order valence-electron chi connectivity index (χ0n) is 19.6. The third kappa shape index (κ3) is 3.63. The van der Waals surface area contributed by atoms with E-state index in [0.717, 1.165) is 48.8 Å². The summed E-state index contributed by atoms with van der Waals surface area (Å²) in [6.07, 6.45) is 3.25. The second-order valence-corrected chi connectivity index (χ2v) is 10.4.